The van der Waals surface area contributed by atoms with E-state index in [4.69, 9.17) is 4.74 Å². The standard InChI is InChI=1S/C12H25N3O3/c1-12(2,3)18-11(17)14-8-6-7-13-10(16)9-15(4)5/h6-9H2,1-5H3,(H,13,16)(H,14,17). The van der Waals surface area contributed by atoms with Crippen LogP contribution in [0.4, 0.5) is 4.79 Å². The van der Waals surface area contributed by atoms with Crippen LogP contribution in [0.3, 0.4) is 0 Å². The lowest BCUT2D eigenvalue weighted by atomic mass is 10.2. The summed E-state index contributed by atoms with van der Waals surface area (Å²) in [5.74, 6) is -0.0164. The van der Waals surface area contributed by atoms with Crippen molar-refractivity contribution < 1.29 is 14.3 Å². The van der Waals surface area contributed by atoms with Crippen LogP contribution in [0.5, 0.6) is 0 Å². The largest absolute Gasteiger partial charge is 0.444 e. The lowest BCUT2D eigenvalue weighted by molar-refractivity contribution is -0.121. The molecule has 0 rings (SSSR count). The van der Waals surface area contributed by atoms with Gasteiger partial charge in [0.2, 0.25) is 5.91 Å². The van der Waals surface area contributed by atoms with E-state index in [1.165, 1.54) is 0 Å². The molecule has 0 aromatic rings. The Bertz CT molecular complexity index is 272. The van der Waals surface area contributed by atoms with Crippen molar-refractivity contribution in [1.29, 1.82) is 0 Å². The van der Waals surface area contributed by atoms with Crippen LogP contribution >= 0.6 is 0 Å². The maximum Gasteiger partial charge on any atom is 0.407 e. The van der Waals surface area contributed by atoms with Gasteiger partial charge in [-0.05, 0) is 41.3 Å². The van der Waals surface area contributed by atoms with Crippen molar-refractivity contribution in [2.75, 3.05) is 33.7 Å². The molecule has 6 heteroatoms. The van der Waals surface area contributed by atoms with Crippen molar-refractivity contribution in [3.05, 3.63) is 0 Å². The Hall–Kier alpha value is -1.30. The second-order valence-electron chi connectivity index (χ2n) is 5.37. The molecule has 0 fully saturated rings. The first-order chi connectivity index (χ1) is 8.20. The number of carbonyl (C=O) groups excluding carboxylic acids is 2. The van der Waals surface area contributed by atoms with Gasteiger partial charge in [0.05, 0.1) is 6.54 Å². The Morgan fingerprint density at radius 1 is 1.11 bits per heavy atom. The fourth-order valence-corrected chi connectivity index (χ4v) is 1.16. The smallest absolute Gasteiger partial charge is 0.407 e. The van der Waals surface area contributed by atoms with Gasteiger partial charge < -0.3 is 20.3 Å². The topological polar surface area (TPSA) is 70.7 Å². The van der Waals surface area contributed by atoms with E-state index in [0.717, 1.165) is 0 Å². The zero-order valence-electron chi connectivity index (χ0n) is 12.0. The van der Waals surface area contributed by atoms with Gasteiger partial charge in [0, 0.05) is 13.1 Å². The summed E-state index contributed by atoms with van der Waals surface area (Å²) in [4.78, 5) is 24.3. The zero-order chi connectivity index (χ0) is 14.2. The summed E-state index contributed by atoms with van der Waals surface area (Å²) < 4.78 is 5.07. The first kappa shape index (κ1) is 16.7. The lowest BCUT2D eigenvalue weighted by Gasteiger charge is -2.19. The molecule has 0 radical (unpaired) electrons. The number of ether oxygens (including phenoxy) is 1. The van der Waals surface area contributed by atoms with Crippen molar-refractivity contribution in [3.8, 4) is 0 Å². The van der Waals surface area contributed by atoms with Crippen LogP contribution in [0.25, 0.3) is 0 Å². The quantitative estimate of drug-likeness (QED) is 0.685. The molecule has 18 heavy (non-hydrogen) atoms. The SMILES string of the molecule is CN(C)CC(=O)NCCCNC(=O)OC(C)(C)C. The molecule has 0 aromatic heterocycles. The normalized spacial score (nSPS) is 11.2. The Morgan fingerprint density at radius 2 is 1.67 bits per heavy atom. The van der Waals surface area contributed by atoms with Crippen molar-refractivity contribution in [2.24, 2.45) is 0 Å². The second kappa shape index (κ2) is 7.92. The molecule has 2 amide bonds. The van der Waals surface area contributed by atoms with E-state index < -0.39 is 11.7 Å². The minimum absolute atomic E-state index is 0.0164. The average Bonchev–Trinajstić information content (AvgIpc) is 2.12. The van der Waals surface area contributed by atoms with Gasteiger partial charge in [-0.25, -0.2) is 4.79 Å². The van der Waals surface area contributed by atoms with E-state index in [1.807, 2.05) is 34.9 Å². The molecule has 0 aliphatic rings. The molecule has 0 aliphatic carbocycles. The van der Waals surface area contributed by atoms with Gasteiger partial charge in [-0.1, -0.05) is 0 Å². The molecule has 0 saturated heterocycles. The van der Waals surface area contributed by atoms with Crippen LogP contribution < -0.4 is 10.6 Å². The molecule has 106 valence electrons. The van der Waals surface area contributed by atoms with E-state index in [1.54, 1.807) is 4.90 Å². The highest BCUT2D eigenvalue weighted by Gasteiger charge is 2.15. The van der Waals surface area contributed by atoms with Crippen molar-refractivity contribution in [2.45, 2.75) is 32.8 Å². The molecular weight excluding hydrogens is 234 g/mol. The molecule has 0 atom stereocenters. The highest BCUT2D eigenvalue weighted by molar-refractivity contribution is 5.77. The number of rotatable bonds is 6. The number of nitrogens with zero attached hydrogens (tertiary/aromatic N) is 1. The molecule has 0 aromatic carbocycles. The summed E-state index contributed by atoms with van der Waals surface area (Å²) >= 11 is 0. The number of carbonyl (C=O) groups is 2. The van der Waals surface area contributed by atoms with Gasteiger partial charge in [-0.3, -0.25) is 4.79 Å². The fourth-order valence-electron chi connectivity index (χ4n) is 1.16. The number of likely N-dealkylation sites (N-methyl/N-ethyl adjacent to an activating group) is 1. The molecule has 0 saturated carbocycles. The summed E-state index contributed by atoms with van der Waals surface area (Å²) in [6.45, 7) is 6.84. The van der Waals surface area contributed by atoms with Crippen molar-refractivity contribution in [3.63, 3.8) is 0 Å². The summed E-state index contributed by atoms with van der Waals surface area (Å²) in [6.07, 6.45) is 0.250. The van der Waals surface area contributed by atoms with Gasteiger partial charge >= 0.3 is 6.09 Å². The van der Waals surface area contributed by atoms with Crippen LogP contribution in [0.15, 0.2) is 0 Å². The number of alkyl carbamates (subject to hydrolysis) is 1. The average molecular weight is 259 g/mol. The maximum atomic E-state index is 11.3. The number of hydrogen-bond donors (Lipinski definition) is 2. The molecule has 6 nitrogen and oxygen atoms in total. The number of hydrogen-bond acceptors (Lipinski definition) is 4. The highest BCUT2D eigenvalue weighted by Crippen LogP contribution is 2.06. The third-order valence-electron chi connectivity index (χ3n) is 1.80. The molecule has 0 unspecified atom stereocenters. The third-order valence-corrected chi connectivity index (χ3v) is 1.80. The van der Waals surface area contributed by atoms with Crippen molar-refractivity contribution in [1.82, 2.24) is 15.5 Å². The van der Waals surface area contributed by atoms with E-state index in [9.17, 15) is 9.59 Å². The predicted molar refractivity (Wildman–Crippen MR) is 70.4 cm³/mol. The van der Waals surface area contributed by atoms with E-state index in [0.29, 0.717) is 26.1 Å². The molecule has 0 spiro atoms. The summed E-state index contributed by atoms with van der Waals surface area (Å²) in [7, 11) is 3.67. The molecule has 0 aliphatic heterocycles. The van der Waals surface area contributed by atoms with E-state index >= 15 is 0 Å². The third kappa shape index (κ3) is 11.2. The minimum atomic E-state index is -0.482. The molecule has 2 N–H and O–H groups in total. The Balaban J connectivity index is 3.51. The van der Waals surface area contributed by atoms with Crippen LogP contribution in [-0.4, -0.2) is 56.2 Å². The monoisotopic (exact) mass is 259 g/mol. The summed E-state index contributed by atoms with van der Waals surface area (Å²) in [5, 5.41) is 5.39. The predicted octanol–water partition coefficient (Wildman–Crippen LogP) is 0.579. The Kier molecular flexibility index (Phi) is 7.35. The van der Waals surface area contributed by atoms with Crippen molar-refractivity contribution >= 4 is 12.0 Å². The van der Waals surface area contributed by atoms with Gasteiger partial charge in [-0.15, -0.1) is 0 Å². The first-order valence-corrected chi connectivity index (χ1v) is 6.09. The van der Waals surface area contributed by atoms with Gasteiger partial charge in [0.25, 0.3) is 0 Å². The van der Waals surface area contributed by atoms with Gasteiger partial charge in [-0.2, -0.15) is 0 Å². The maximum absolute atomic E-state index is 11.3. The van der Waals surface area contributed by atoms with E-state index in [-0.39, 0.29) is 5.91 Å². The number of nitrogens with one attached hydrogen (secondary N) is 2. The summed E-state index contributed by atoms with van der Waals surface area (Å²) in [5.41, 5.74) is -0.482. The lowest BCUT2D eigenvalue weighted by Crippen LogP contribution is -2.36. The Morgan fingerprint density at radius 3 is 2.17 bits per heavy atom. The van der Waals surface area contributed by atoms with Crippen LogP contribution in [0.1, 0.15) is 27.2 Å². The van der Waals surface area contributed by atoms with Crippen LogP contribution in [0, 0.1) is 0 Å². The van der Waals surface area contributed by atoms with Gasteiger partial charge in [0.15, 0.2) is 0 Å². The molecule has 0 heterocycles. The van der Waals surface area contributed by atoms with Gasteiger partial charge in [0.1, 0.15) is 5.60 Å². The Labute approximate surface area is 109 Å². The molecular formula is C12H25N3O3. The zero-order valence-corrected chi connectivity index (χ0v) is 12.0. The second-order valence-corrected chi connectivity index (χ2v) is 5.37. The highest BCUT2D eigenvalue weighted by atomic mass is 16.6. The van der Waals surface area contributed by atoms with Crippen LogP contribution in [-0.2, 0) is 9.53 Å². The minimum Gasteiger partial charge on any atom is -0.444 e. The van der Waals surface area contributed by atoms with E-state index in [2.05, 4.69) is 10.6 Å². The summed E-state index contributed by atoms with van der Waals surface area (Å²) in [6, 6.07) is 0. The molecule has 0 bridgehead atoms. The number of amides is 2. The first-order valence-electron chi connectivity index (χ1n) is 6.09. The van der Waals surface area contributed by atoms with Crippen LogP contribution in [0.2, 0.25) is 0 Å². The fraction of sp³-hybridized carbons (Fsp3) is 0.833.